The van der Waals surface area contributed by atoms with Crippen molar-refractivity contribution in [1.29, 1.82) is 0 Å². The highest BCUT2D eigenvalue weighted by Crippen LogP contribution is 2.35. The number of halogens is 3. The van der Waals surface area contributed by atoms with Gasteiger partial charge in [0.25, 0.3) is 5.91 Å². The Labute approximate surface area is 173 Å². The van der Waals surface area contributed by atoms with E-state index in [1.165, 1.54) is 18.2 Å². The third kappa shape index (κ3) is 4.95. The highest BCUT2D eigenvalue weighted by Gasteiger charge is 2.39. The molecule has 1 atom stereocenters. The van der Waals surface area contributed by atoms with E-state index in [0.29, 0.717) is 12.4 Å². The summed E-state index contributed by atoms with van der Waals surface area (Å²) in [6.45, 7) is 1.46. The van der Waals surface area contributed by atoms with E-state index in [1.807, 2.05) is 24.3 Å². The molecule has 4 rings (SSSR count). The van der Waals surface area contributed by atoms with Crippen LogP contribution in [0.5, 0.6) is 5.75 Å². The van der Waals surface area contributed by atoms with E-state index in [2.05, 4.69) is 0 Å². The van der Waals surface area contributed by atoms with Gasteiger partial charge in [-0.3, -0.25) is 4.79 Å². The summed E-state index contributed by atoms with van der Waals surface area (Å²) in [5.41, 5.74) is -0.374. The van der Waals surface area contributed by atoms with Gasteiger partial charge in [0, 0.05) is 19.2 Å². The third-order valence-corrected chi connectivity index (χ3v) is 5.42. The summed E-state index contributed by atoms with van der Waals surface area (Å²) < 4.78 is 51.5. The fourth-order valence-corrected chi connectivity index (χ4v) is 3.72. The van der Waals surface area contributed by atoms with Crippen LogP contribution in [0.4, 0.5) is 13.2 Å². The van der Waals surface area contributed by atoms with Gasteiger partial charge in [-0.1, -0.05) is 24.3 Å². The van der Waals surface area contributed by atoms with Gasteiger partial charge in [-0.15, -0.1) is 0 Å². The number of amides is 1. The fourth-order valence-electron chi connectivity index (χ4n) is 3.72. The number of benzene rings is 2. The molecule has 1 heterocycles. The first kappa shape index (κ1) is 20.7. The molecule has 0 bridgehead atoms. The van der Waals surface area contributed by atoms with Crippen molar-refractivity contribution in [2.45, 2.75) is 50.6 Å². The Balaban J connectivity index is 1.49. The van der Waals surface area contributed by atoms with E-state index in [4.69, 9.17) is 9.47 Å². The van der Waals surface area contributed by atoms with Crippen LogP contribution < -0.4 is 4.74 Å². The number of alkyl halides is 3. The van der Waals surface area contributed by atoms with Crippen molar-refractivity contribution in [1.82, 2.24) is 4.90 Å². The number of nitrogens with zero attached hydrogens (tertiary/aromatic N) is 1. The van der Waals surface area contributed by atoms with Crippen molar-refractivity contribution in [2.24, 2.45) is 0 Å². The number of ether oxygens (including phenoxy) is 2. The van der Waals surface area contributed by atoms with Crippen LogP contribution in [-0.4, -0.2) is 36.2 Å². The molecule has 1 saturated carbocycles. The van der Waals surface area contributed by atoms with E-state index in [9.17, 15) is 18.0 Å². The Bertz CT molecular complexity index is 889. The molecule has 160 valence electrons. The van der Waals surface area contributed by atoms with Crippen LogP contribution in [-0.2, 0) is 17.5 Å². The maximum Gasteiger partial charge on any atom is 0.417 e. The molecule has 0 spiro atoms. The SMILES string of the molecule is O=C(c1ccccc1C(F)(F)F)N(Cc1cccc(OC[C@H]2CCCO2)c1)C1CC1. The number of hydrogen-bond acceptors (Lipinski definition) is 3. The first-order valence-electron chi connectivity index (χ1n) is 10.2. The van der Waals surface area contributed by atoms with Crippen LogP contribution in [0, 0.1) is 0 Å². The van der Waals surface area contributed by atoms with Gasteiger partial charge in [0.2, 0.25) is 0 Å². The lowest BCUT2D eigenvalue weighted by Crippen LogP contribution is -2.34. The van der Waals surface area contributed by atoms with Crippen molar-refractivity contribution in [3.8, 4) is 5.75 Å². The monoisotopic (exact) mass is 419 g/mol. The Morgan fingerprint density at radius 2 is 1.90 bits per heavy atom. The van der Waals surface area contributed by atoms with E-state index >= 15 is 0 Å². The molecule has 0 aromatic heterocycles. The Morgan fingerprint density at radius 3 is 2.60 bits per heavy atom. The Kier molecular flexibility index (Phi) is 5.99. The van der Waals surface area contributed by atoms with Crippen molar-refractivity contribution < 1.29 is 27.4 Å². The predicted octanol–water partition coefficient (Wildman–Crippen LogP) is 5.07. The highest BCUT2D eigenvalue weighted by atomic mass is 19.4. The van der Waals surface area contributed by atoms with Gasteiger partial charge in [-0.25, -0.2) is 0 Å². The second kappa shape index (κ2) is 8.68. The number of carbonyl (C=O) groups excluding carboxylic acids is 1. The van der Waals surface area contributed by atoms with Gasteiger partial charge in [0.1, 0.15) is 12.4 Å². The minimum absolute atomic E-state index is 0.0322. The lowest BCUT2D eigenvalue weighted by atomic mass is 10.1. The summed E-state index contributed by atoms with van der Waals surface area (Å²) in [5.74, 6) is 0.0815. The van der Waals surface area contributed by atoms with Gasteiger partial charge in [-0.05, 0) is 55.5 Å². The molecule has 1 aliphatic heterocycles. The van der Waals surface area contributed by atoms with Crippen molar-refractivity contribution >= 4 is 5.91 Å². The van der Waals surface area contributed by atoms with Gasteiger partial charge >= 0.3 is 6.18 Å². The molecule has 2 aromatic carbocycles. The highest BCUT2D eigenvalue weighted by molar-refractivity contribution is 5.96. The number of carbonyl (C=O) groups is 1. The van der Waals surface area contributed by atoms with Crippen LogP contribution in [0.25, 0.3) is 0 Å². The second-order valence-corrected chi connectivity index (χ2v) is 7.80. The van der Waals surface area contributed by atoms with Crippen molar-refractivity contribution in [3.63, 3.8) is 0 Å². The zero-order valence-electron chi connectivity index (χ0n) is 16.5. The first-order chi connectivity index (χ1) is 14.4. The molecule has 1 aliphatic carbocycles. The van der Waals surface area contributed by atoms with Gasteiger partial charge < -0.3 is 14.4 Å². The number of rotatable bonds is 7. The Morgan fingerprint density at radius 1 is 1.10 bits per heavy atom. The quantitative estimate of drug-likeness (QED) is 0.629. The topological polar surface area (TPSA) is 38.8 Å². The normalized spacial score (nSPS) is 19.0. The van der Waals surface area contributed by atoms with Crippen LogP contribution >= 0.6 is 0 Å². The largest absolute Gasteiger partial charge is 0.491 e. The molecular weight excluding hydrogens is 395 g/mol. The molecule has 1 amide bonds. The summed E-state index contributed by atoms with van der Waals surface area (Å²) in [6.07, 6.45) is -0.868. The van der Waals surface area contributed by atoms with Gasteiger partial charge in [-0.2, -0.15) is 13.2 Å². The van der Waals surface area contributed by atoms with Crippen LogP contribution in [0.2, 0.25) is 0 Å². The average molecular weight is 419 g/mol. The molecule has 2 aromatic rings. The molecule has 30 heavy (non-hydrogen) atoms. The van der Waals surface area contributed by atoms with E-state index in [0.717, 1.165) is 43.9 Å². The lowest BCUT2D eigenvalue weighted by Gasteiger charge is -2.24. The molecule has 4 nitrogen and oxygen atoms in total. The third-order valence-electron chi connectivity index (χ3n) is 5.42. The molecule has 2 fully saturated rings. The minimum Gasteiger partial charge on any atom is -0.491 e. The summed E-state index contributed by atoms with van der Waals surface area (Å²) >= 11 is 0. The van der Waals surface area contributed by atoms with Crippen LogP contribution in [0.1, 0.15) is 47.2 Å². The van der Waals surface area contributed by atoms with Gasteiger partial charge in [0.05, 0.1) is 17.2 Å². The summed E-state index contributed by atoms with van der Waals surface area (Å²) in [7, 11) is 0. The first-order valence-corrected chi connectivity index (χ1v) is 10.2. The van der Waals surface area contributed by atoms with Gasteiger partial charge in [0.15, 0.2) is 0 Å². The second-order valence-electron chi connectivity index (χ2n) is 7.80. The molecule has 0 unspecified atom stereocenters. The average Bonchev–Trinajstić information content (AvgIpc) is 3.44. The fraction of sp³-hybridized carbons (Fsp3) is 0.435. The molecule has 7 heteroatoms. The predicted molar refractivity (Wildman–Crippen MR) is 105 cm³/mol. The summed E-state index contributed by atoms with van der Waals surface area (Å²) in [6, 6.07) is 12.3. The van der Waals surface area contributed by atoms with Crippen LogP contribution in [0.15, 0.2) is 48.5 Å². The molecule has 1 saturated heterocycles. The van der Waals surface area contributed by atoms with Crippen molar-refractivity contribution in [3.05, 3.63) is 65.2 Å². The zero-order chi connectivity index (χ0) is 21.1. The van der Waals surface area contributed by atoms with E-state index in [-0.39, 0.29) is 24.3 Å². The van der Waals surface area contributed by atoms with E-state index < -0.39 is 17.6 Å². The molecule has 2 aliphatic rings. The summed E-state index contributed by atoms with van der Waals surface area (Å²) in [4.78, 5) is 14.6. The maximum atomic E-state index is 13.4. The molecule has 0 N–H and O–H groups in total. The standard InChI is InChI=1S/C23H24F3NO3/c24-23(25,26)21-9-2-1-8-20(21)22(28)27(17-10-11-17)14-16-5-3-6-18(13-16)30-15-19-7-4-12-29-19/h1-3,5-6,8-9,13,17,19H,4,7,10-12,14-15H2/t19-/m1/s1. The minimum atomic E-state index is -4.57. The zero-order valence-corrected chi connectivity index (χ0v) is 16.5. The smallest absolute Gasteiger partial charge is 0.417 e. The number of hydrogen-bond donors (Lipinski definition) is 0. The lowest BCUT2D eigenvalue weighted by molar-refractivity contribution is -0.138. The van der Waals surface area contributed by atoms with Crippen molar-refractivity contribution in [2.75, 3.05) is 13.2 Å². The van der Waals surface area contributed by atoms with E-state index in [1.54, 1.807) is 4.90 Å². The van der Waals surface area contributed by atoms with Crippen LogP contribution in [0.3, 0.4) is 0 Å². The molecule has 0 radical (unpaired) electrons. The summed E-state index contributed by atoms with van der Waals surface area (Å²) in [5, 5.41) is 0. The Hall–Kier alpha value is -2.54. The maximum absolute atomic E-state index is 13.4. The molecular formula is C23H24F3NO3.